The zero-order valence-corrected chi connectivity index (χ0v) is 9.36. The molecule has 0 aliphatic rings. The Hall–Kier alpha value is -2.28. The Kier molecular flexibility index (Phi) is 2.30. The van der Waals surface area contributed by atoms with Gasteiger partial charge in [0.25, 0.3) is 5.91 Å². The van der Waals surface area contributed by atoms with Crippen molar-refractivity contribution in [3.63, 3.8) is 0 Å². The van der Waals surface area contributed by atoms with E-state index in [0.29, 0.717) is 10.8 Å². The van der Waals surface area contributed by atoms with Crippen LogP contribution in [-0.2, 0) is 0 Å². The number of anilines is 1. The van der Waals surface area contributed by atoms with Crippen molar-refractivity contribution in [1.82, 2.24) is 20.4 Å². The van der Waals surface area contributed by atoms with Crippen molar-refractivity contribution in [1.29, 1.82) is 0 Å². The SMILES string of the molecule is O=C(Nc1nncs1)c1n[nH]c2ccccc12. The highest BCUT2D eigenvalue weighted by atomic mass is 32.1. The van der Waals surface area contributed by atoms with E-state index >= 15 is 0 Å². The maximum atomic E-state index is 11.9. The number of hydrogen-bond acceptors (Lipinski definition) is 5. The van der Waals surface area contributed by atoms with E-state index in [0.717, 1.165) is 10.9 Å². The smallest absolute Gasteiger partial charge is 0.278 e. The molecule has 3 rings (SSSR count). The highest BCUT2D eigenvalue weighted by Crippen LogP contribution is 2.17. The molecular weight excluding hydrogens is 238 g/mol. The molecule has 0 aliphatic carbocycles. The van der Waals surface area contributed by atoms with Crippen LogP contribution in [0.3, 0.4) is 0 Å². The molecule has 17 heavy (non-hydrogen) atoms. The summed E-state index contributed by atoms with van der Waals surface area (Å²) in [5.74, 6) is -0.292. The number of amides is 1. The molecule has 7 heteroatoms. The summed E-state index contributed by atoms with van der Waals surface area (Å²) in [5, 5.41) is 18.1. The number of para-hydroxylation sites is 1. The van der Waals surface area contributed by atoms with Gasteiger partial charge in [0, 0.05) is 5.39 Å². The van der Waals surface area contributed by atoms with E-state index in [9.17, 15) is 4.79 Å². The number of rotatable bonds is 2. The molecule has 1 aromatic carbocycles. The van der Waals surface area contributed by atoms with Crippen LogP contribution in [0, 0.1) is 0 Å². The number of fused-ring (bicyclic) bond motifs is 1. The van der Waals surface area contributed by atoms with Gasteiger partial charge in [-0.1, -0.05) is 29.5 Å². The summed E-state index contributed by atoms with van der Waals surface area (Å²) >= 11 is 1.26. The Morgan fingerprint density at radius 1 is 1.35 bits per heavy atom. The van der Waals surface area contributed by atoms with Crippen LogP contribution in [0.5, 0.6) is 0 Å². The lowest BCUT2D eigenvalue weighted by molar-refractivity contribution is 0.102. The number of aromatic nitrogens is 4. The summed E-state index contributed by atoms with van der Waals surface area (Å²) < 4.78 is 0. The van der Waals surface area contributed by atoms with E-state index in [1.165, 1.54) is 11.3 Å². The van der Waals surface area contributed by atoms with Gasteiger partial charge < -0.3 is 0 Å². The number of carbonyl (C=O) groups excluding carboxylic acids is 1. The van der Waals surface area contributed by atoms with Crippen molar-refractivity contribution in [2.45, 2.75) is 0 Å². The molecule has 0 spiro atoms. The fraction of sp³-hybridized carbons (Fsp3) is 0. The minimum Gasteiger partial charge on any atom is -0.295 e. The summed E-state index contributed by atoms with van der Waals surface area (Å²) in [5.41, 5.74) is 2.74. The van der Waals surface area contributed by atoms with E-state index in [1.54, 1.807) is 5.51 Å². The largest absolute Gasteiger partial charge is 0.295 e. The predicted molar refractivity (Wildman–Crippen MR) is 64.0 cm³/mol. The lowest BCUT2D eigenvalue weighted by Crippen LogP contribution is -2.12. The number of carbonyl (C=O) groups is 1. The second-order valence-electron chi connectivity index (χ2n) is 3.32. The van der Waals surface area contributed by atoms with E-state index in [-0.39, 0.29) is 5.91 Å². The highest BCUT2D eigenvalue weighted by Gasteiger charge is 2.14. The zero-order valence-electron chi connectivity index (χ0n) is 8.54. The second kappa shape index (κ2) is 3.95. The van der Waals surface area contributed by atoms with Crippen LogP contribution in [0.4, 0.5) is 5.13 Å². The molecule has 0 unspecified atom stereocenters. The molecular formula is C10H7N5OS. The van der Waals surface area contributed by atoms with Crippen LogP contribution in [0.15, 0.2) is 29.8 Å². The van der Waals surface area contributed by atoms with Crippen molar-refractivity contribution < 1.29 is 4.79 Å². The third kappa shape index (κ3) is 1.76. The molecule has 0 saturated heterocycles. The van der Waals surface area contributed by atoms with Crippen molar-refractivity contribution in [3.8, 4) is 0 Å². The van der Waals surface area contributed by atoms with Crippen molar-refractivity contribution >= 4 is 33.3 Å². The molecule has 2 heterocycles. The maximum absolute atomic E-state index is 11.9. The third-order valence-corrected chi connectivity index (χ3v) is 2.87. The van der Waals surface area contributed by atoms with Crippen LogP contribution >= 0.6 is 11.3 Å². The molecule has 84 valence electrons. The minimum atomic E-state index is -0.292. The van der Waals surface area contributed by atoms with Crippen LogP contribution < -0.4 is 5.32 Å². The summed E-state index contributed by atoms with van der Waals surface area (Å²) in [4.78, 5) is 11.9. The highest BCUT2D eigenvalue weighted by molar-refractivity contribution is 7.13. The van der Waals surface area contributed by atoms with E-state index in [2.05, 4.69) is 25.7 Å². The molecule has 6 nitrogen and oxygen atoms in total. The number of H-pyrrole nitrogens is 1. The van der Waals surface area contributed by atoms with Crippen LogP contribution in [0.1, 0.15) is 10.5 Å². The van der Waals surface area contributed by atoms with Gasteiger partial charge >= 0.3 is 0 Å². The van der Waals surface area contributed by atoms with Crippen LogP contribution in [0.2, 0.25) is 0 Å². The Morgan fingerprint density at radius 2 is 2.24 bits per heavy atom. The first-order valence-corrected chi connectivity index (χ1v) is 5.73. The second-order valence-corrected chi connectivity index (χ2v) is 4.15. The molecule has 1 amide bonds. The summed E-state index contributed by atoms with van der Waals surface area (Å²) in [6.45, 7) is 0. The van der Waals surface area contributed by atoms with E-state index < -0.39 is 0 Å². The van der Waals surface area contributed by atoms with Crippen molar-refractivity contribution in [3.05, 3.63) is 35.5 Å². The van der Waals surface area contributed by atoms with E-state index in [4.69, 9.17) is 0 Å². The monoisotopic (exact) mass is 245 g/mol. The molecule has 2 N–H and O–H groups in total. The van der Waals surface area contributed by atoms with Gasteiger partial charge in [0.1, 0.15) is 5.51 Å². The lowest BCUT2D eigenvalue weighted by atomic mass is 10.2. The predicted octanol–water partition coefficient (Wildman–Crippen LogP) is 1.67. The Morgan fingerprint density at radius 3 is 3.06 bits per heavy atom. The summed E-state index contributed by atoms with van der Waals surface area (Å²) in [6, 6.07) is 7.45. The Bertz CT molecular complexity index is 660. The molecule has 0 saturated carbocycles. The first-order chi connectivity index (χ1) is 8.34. The van der Waals surface area contributed by atoms with Gasteiger partial charge in [0.15, 0.2) is 5.69 Å². The molecule has 0 atom stereocenters. The van der Waals surface area contributed by atoms with Gasteiger partial charge in [-0.25, -0.2) is 0 Å². The molecule has 0 aliphatic heterocycles. The minimum absolute atomic E-state index is 0.292. The number of benzene rings is 1. The Labute approximate surface area is 99.7 Å². The Balaban J connectivity index is 1.96. The molecule has 0 fully saturated rings. The van der Waals surface area contributed by atoms with Gasteiger partial charge in [-0.3, -0.25) is 15.2 Å². The molecule has 0 bridgehead atoms. The summed E-state index contributed by atoms with van der Waals surface area (Å²) in [6.07, 6.45) is 0. The first-order valence-electron chi connectivity index (χ1n) is 4.85. The number of aromatic amines is 1. The number of nitrogens with zero attached hydrogens (tertiary/aromatic N) is 3. The molecule has 2 aromatic heterocycles. The maximum Gasteiger partial charge on any atom is 0.278 e. The fourth-order valence-electron chi connectivity index (χ4n) is 1.52. The van der Waals surface area contributed by atoms with Crippen molar-refractivity contribution in [2.75, 3.05) is 5.32 Å². The topological polar surface area (TPSA) is 83.6 Å². The average molecular weight is 245 g/mol. The van der Waals surface area contributed by atoms with Gasteiger partial charge in [-0.2, -0.15) is 5.10 Å². The third-order valence-electron chi connectivity index (χ3n) is 2.27. The zero-order chi connectivity index (χ0) is 11.7. The normalized spacial score (nSPS) is 10.6. The van der Waals surface area contributed by atoms with Crippen LogP contribution in [-0.4, -0.2) is 26.3 Å². The number of hydrogen-bond donors (Lipinski definition) is 2. The molecule has 0 radical (unpaired) electrons. The van der Waals surface area contributed by atoms with Crippen LogP contribution in [0.25, 0.3) is 10.9 Å². The first kappa shape index (κ1) is 9.91. The van der Waals surface area contributed by atoms with Gasteiger partial charge in [0.2, 0.25) is 5.13 Å². The standard InChI is InChI=1S/C10H7N5OS/c16-9(12-10-15-11-5-17-10)8-6-3-1-2-4-7(6)13-14-8/h1-5H,(H,13,14)(H,12,15,16). The molecule has 3 aromatic rings. The summed E-state index contributed by atoms with van der Waals surface area (Å²) in [7, 11) is 0. The number of nitrogens with one attached hydrogen (secondary N) is 2. The van der Waals surface area contributed by atoms with E-state index in [1.807, 2.05) is 24.3 Å². The lowest BCUT2D eigenvalue weighted by Gasteiger charge is -1.97. The van der Waals surface area contributed by atoms with Crippen molar-refractivity contribution in [2.24, 2.45) is 0 Å². The average Bonchev–Trinajstić information content (AvgIpc) is 2.96. The van der Waals surface area contributed by atoms with Gasteiger partial charge in [0.05, 0.1) is 5.52 Å². The van der Waals surface area contributed by atoms with Gasteiger partial charge in [-0.15, -0.1) is 10.2 Å². The van der Waals surface area contributed by atoms with Gasteiger partial charge in [-0.05, 0) is 6.07 Å². The fourth-order valence-corrected chi connectivity index (χ4v) is 1.96. The quantitative estimate of drug-likeness (QED) is 0.719.